The van der Waals surface area contributed by atoms with Gasteiger partial charge in [-0.1, -0.05) is 25.7 Å². The standard InChI is InChI=1S/C11H23NO2/c1-10(13)8-12-9-11(14)6-4-2-3-5-7-11/h10,12-14H,2-9H2,1H3/t10-/m1/s1. The Labute approximate surface area is 86.5 Å². The minimum Gasteiger partial charge on any atom is -0.392 e. The Morgan fingerprint density at radius 2 is 1.79 bits per heavy atom. The summed E-state index contributed by atoms with van der Waals surface area (Å²) < 4.78 is 0. The predicted molar refractivity (Wildman–Crippen MR) is 57.2 cm³/mol. The van der Waals surface area contributed by atoms with Gasteiger partial charge in [0.15, 0.2) is 0 Å². The first-order chi connectivity index (χ1) is 6.62. The van der Waals surface area contributed by atoms with Gasteiger partial charge in [-0.25, -0.2) is 0 Å². The Hall–Kier alpha value is -0.120. The maximum atomic E-state index is 10.2. The molecule has 84 valence electrons. The third kappa shape index (κ3) is 4.40. The first kappa shape index (κ1) is 12.0. The first-order valence-electron chi connectivity index (χ1n) is 5.74. The van der Waals surface area contributed by atoms with E-state index in [0.29, 0.717) is 13.1 Å². The Kier molecular flexibility index (Phi) is 4.85. The molecule has 3 heteroatoms. The van der Waals surface area contributed by atoms with Crippen LogP contribution in [0.5, 0.6) is 0 Å². The number of rotatable bonds is 4. The summed E-state index contributed by atoms with van der Waals surface area (Å²) in [4.78, 5) is 0. The van der Waals surface area contributed by atoms with Crippen LogP contribution >= 0.6 is 0 Å². The van der Waals surface area contributed by atoms with Crippen molar-refractivity contribution in [1.82, 2.24) is 5.32 Å². The monoisotopic (exact) mass is 201 g/mol. The summed E-state index contributed by atoms with van der Waals surface area (Å²) in [6.07, 6.45) is 6.24. The van der Waals surface area contributed by atoms with Gasteiger partial charge in [-0.15, -0.1) is 0 Å². The van der Waals surface area contributed by atoms with Crippen LogP contribution in [0.1, 0.15) is 45.4 Å². The van der Waals surface area contributed by atoms with Gasteiger partial charge in [0.25, 0.3) is 0 Å². The summed E-state index contributed by atoms with van der Waals surface area (Å²) in [5.74, 6) is 0. The highest BCUT2D eigenvalue weighted by Gasteiger charge is 2.27. The lowest BCUT2D eigenvalue weighted by Crippen LogP contribution is -2.42. The van der Waals surface area contributed by atoms with Gasteiger partial charge in [0.05, 0.1) is 11.7 Å². The average Bonchev–Trinajstić information content (AvgIpc) is 2.30. The van der Waals surface area contributed by atoms with Gasteiger partial charge < -0.3 is 15.5 Å². The zero-order valence-corrected chi connectivity index (χ0v) is 9.13. The van der Waals surface area contributed by atoms with Gasteiger partial charge in [0, 0.05) is 13.1 Å². The lowest BCUT2D eigenvalue weighted by atomic mass is 9.94. The molecule has 0 amide bonds. The van der Waals surface area contributed by atoms with Crippen molar-refractivity contribution in [2.24, 2.45) is 0 Å². The summed E-state index contributed by atoms with van der Waals surface area (Å²) in [6.45, 7) is 2.95. The molecule has 0 radical (unpaired) electrons. The molecule has 0 saturated heterocycles. The second-order valence-corrected chi connectivity index (χ2v) is 4.62. The first-order valence-corrected chi connectivity index (χ1v) is 5.74. The average molecular weight is 201 g/mol. The zero-order chi connectivity index (χ0) is 10.4. The van der Waals surface area contributed by atoms with Crippen LogP contribution in [0.4, 0.5) is 0 Å². The quantitative estimate of drug-likeness (QED) is 0.596. The highest BCUT2D eigenvalue weighted by molar-refractivity contribution is 4.83. The molecule has 0 aromatic rings. The normalized spacial score (nSPS) is 24.2. The molecule has 1 atom stereocenters. The van der Waals surface area contributed by atoms with E-state index in [1.807, 2.05) is 0 Å². The van der Waals surface area contributed by atoms with Gasteiger partial charge >= 0.3 is 0 Å². The molecule has 3 N–H and O–H groups in total. The summed E-state index contributed by atoms with van der Waals surface area (Å²) >= 11 is 0. The molecule has 1 rings (SSSR count). The van der Waals surface area contributed by atoms with E-state index < -0.39 is 5.60 Å². The lowest BCUT2D eigenvalue weighted by Gasteiger charge is -2.27. The van der Waals surface area contributed by atoms with E-state index in [1.165, 1.54) is 12.8 Å². The Bertz CT molecular complexity index is 151. The molecule has 0 bridgehead atoms. The predicted octanol–water partition coefficient (Wildman–Crippen LogP) is 1.04. The molecule has 3 nitrogen and oxygen atoms in total. The number of hydrogen-bond acceptors (Lipinski definition) is 3. The van der Waals surface area contributed by atoms with Crippen LogP contribution in [-0.2, 0) is 0 Å². The SMILES string of the molecule is C[C@@H](O)CNCC1(O)CCCCCC1. The third-order valence-electron chi connectivity index (χ3n) is 2.93. The highest BCUT2D eigenvalue weighted by atomic mass is 16.3. The van der Waals surface area contributed by atoms with Crippen molar-refractivity contribution in [2.45, 2.75) is 57.2 Å². The van der Waals surface area contributed by atoms with E-state index >= 15 is 0 Å². The number of aliphatic hydroxyl groups is 2. The minimum absolute atomic E-state index is 0.329. The Morgan fingerprint density at radius 1 is 1.21 bits per heavy atom. The number of aliphatic hydroxyl groups excluding tert-OH is 1. The fourth-order valence-corrected chi connectivity index (χ4v) is 2.08. The summed E-state index contributed by atoms with van der Waals surface area (Å²) in [5, 5.41) is 22.4. The summed E-state index contributed by atoms with van der Waals surface area (Å²) in [7, 11) is 0. The molecule has 0 aromatic carbocycles. The fourth-order valence-electron chi connectivity index (χ4n) is 2.08. The second kappa shape index (κ2) is 5.69. The van der Waals surface area contributed by atoms with Crippen molar-refractivity contribution in [3.8, 4) is 0 Å². The van der Waals surface area contributed by atoms with Crippen LogP contribution in [-0.4, -0.2) is 35.0 Å². The molecule has 1 fully saturated rings. The molecule has 0 aromatic heterocycles. The lowest BCUT2D eigenvalue weighted by molar-refractivity contribution is 0.0229. The fraction of sp³-hybridized carbons (Fsp3) is 1.00. The van der Waals surface area contributed by atoms with Gasteiger partial charge in [-0.3, -0.25) is 0 Å². The molecule has 0 unspecified atom stereocenters. The largest absolute Gasteiger partial charge is 0.392 e. The van der Waals surface area contributed by atoms with E-state index in [1.54, 1.807) is 6.92 Å². The van der Waals surface area contributed by atoms with E-state index in [4.69, 9.17) is 5.11 Å². The number of hydrogen-bond donors (Lipinski definition) is 3. The Balaban J connectivity index is 2.24. The molecule has 0 aliphatic heterocycles. The molecule has 1 aliphatic carbocycles. The van der Waals surface area contributed by atoms with Gasteiger partial charge in [-0.05, 0) is 19.8 Å². The van der Waals surface area contributed by atoms with Crippen LogP contribution < -0.4 is 5.32 Å². The smallest absolute Gasteiger partial charge is 0.0771 e. The van der Waals surface area contributed by atoms with Crippen LogP contribution in [0, 0.1) is 0 Å². The third-order valence-corrected chi connectivity index (χ3v) is 2.93. The van der Waals surface area contributed by atoms with Crippen molar-refractivity contribution < 1.29 is 10.2 Å². The van der Waals surface area contributed by atoms with Crippen molar-refractivity contribution in [3.05, 3.63) is 0 Å². The minimum atomic E-state index is -0.522. The number of nitrogens with one attached hydrogen (secondary N) is 1. The van der Waals surface area contributed by atoms with E-state index in [0.717, 1.165) is 25.7 Å². The molecule has 0 heterocycles. The molecular formula is C11H23NO2. The molecular weight excluding hydrogens is 178 g/mol. The van der Waals surface area contributed by atoms with Crippen molar-refractivity contribution >= 4 is 0 Å². The highest BCUT2D eigenvalue weighted by Crippen LogP contribution is 2.26. The molecule has 1 saturated carbocycles. The zero-order valence-electron chi connectivity index (χ0n) is 9.13. The summed E-state index contributed by atoms with van der Waals surface area (Å²) in [6, 6.07) is 0. The molecule has 14 heavy (non-hydrogen) atoms. The van der Waals surface area contributed by atoms with Gasteiger partial charge in [0.1, 0.15) is 0 Å². The van der Waals surface area contributed by atoms with Crippen molar-refractivity contribution in [2.75, 3.05) is 13.1 Å². The maximum Gasteiger partial charge on any atom is 0.0771 e. The van der Waals surface area contributed by atoms with Crippen LogP contribution in [0.15, 0.2) is 0 Å². The van der Waals surface area contributed by atoms with Crippen LogP contribution in [0.25, 0.3) is 0 Å². The molecule has 1 aliphatic rings. The van der Waals surface area contributed by atoms with Crippen LogP contribution in [0.2, 0.25) is 0 Å². The maximum absolute atomic E-state index is 10.2. The van der Waals surface area contributed by atoms with Crippen LogP contribution in [0.3, 0.4) is 0 Å². The molecule has 0 spiro atoms. The second-order valence-electron chi connectivity index (χ2n) is 4.62. The Morgan fingerprint density at radius 3 is 2.29 bits per heavy atom. The van der Waals surface area contributed by atoms with Gasteiger partial charge in [-0.2, -0.15) is 0 Å². The van der Waals surface area contributed by atoms with Crippen molar-refractivity contribution in [3.63, 3.8) is 0 Å². The van der Waals surface area contributed by atoms with E-state index in [9.17, 15) is 5.11 Å². The summed E-state index contributed by atoms with van der Waals surface area (Å²) in [5.41, 5.74) is -0.522. The van der Waals surface area contributed by atoms with E-state index in [-0.39, 0.29) is 6.10 Å². The van der Waals surface area contributed by atoms with Crippen molar-refractivity contribution in [1.29, 1.82) is 0 Å². The topological polar surface area (TPSA) is 52.5 Å². The van der Waals surface area contributed by atoms with Gasteiger partial charge in [0.2, 0.25) is 0 Å². The van der Waals surface area contributed by atoms with E-state index in [2.05, 4.69) is 5.32 Å².